The molecule has 21 heavy (non-hydrogen) atoms. The molecule has 116 valence electrons. The van der Waals surface area contributed by atoms with E-state index in [1.807, 2.05) is 6.92 Å². The third-order valence-corrected chi connectivity index (χ3v) is 3.95. The standard InChI is InChI=1S/C16H24FN3O/c1-3-13(2)18-16(21)12-19-8-10-20(11-9-19)15-6-4-14(17)5-7-15/h4-7,13H,3,8-12H2,1-2H3,(H,18,21). The summed E-state index contributed by atoms with van der Waals surface area (Å²) in [6.07, 6.45) is 0.948. The van der Waals surface area contributed by atoms with Crippen LogP contribution in [-0.4, -0.2) is 49.6 Å². The lowest BCUT2D eigenvalue weighted by Crippen LogP contribution is -2.50. The maximum Gasteiger partial charge on any atom is 0.234 e. The number of rotatable bonds is 5. The molecule has 1 aromatic carbocycles. The van der Waals surface area contributed by atoms with E-state index in [-0.39, 0.29) is 17.8 Å². The summed E-state index contributed by atoms with van der Waals surface area (Å²) in [4.78, 5) is 16.3. The Morgan fingerprint density at radius 1 is 1.24 bits per heavy atom. The average Bonchev–Trinajstić information content (AvgIpc) is 2.48. The molecule has 1 fully saturated rings. The van der Waals surface area contributed by atoms with Gasteiger partial charge in [0, 0.05) is 37.9 Å². The smallest absolute Gasteiger partial charge is 0.234 e. The number of carbonyl (C=O) groups excluding carboxylic acids is 1. The van der Waals surface area contributed by atoms with Crippen LogP contribution in [0.3, 0.4) is 0 Å². The van der Waals surface area contributed by atoms with E-state index >= 15 is 0 Å². The van der Waals surface area contributed by atoms with Crippen molar-refractivity contribution in [3.05, 3.63) is 30.1 Å². The highest BCUT2D eigenvalue weighted by molar-refractivity contribution is 5.78. The van der Waals surface area contributed by atoms with Gasteiger partial charge >= 0.3 is 0 Å². The first-order valence-electron chi connectivity index (χ1n) is 7.60. The highest BCUT2D eigenvalue weighted by Gasteiger charge is 2.19. The first-order valence-corrected chi connectivity index (χ1v) is 7.60. The molecule has 1 aliphatic heterocycles. The van der Waals surface area contributed by atoms with Gasteiger partial charge in [0.05, 0.1) is 6.54 Å². The molecule has 0 spiro atoms. The van der Waals surface area contributed by atoms with E-state index in [1.54, 1.807) is 12.1 Å². The number of piperazine rings is 1. The van der Waals surface area contributed by atoms with Gasteiger partial charge in [0.1, 0.15) is 5.82 Å². The topological polar surface area (TPSA) is 35.6 Å². The molecule has 1 saturated heterocycles. The number of anilines is 1. The molecular formula is C16H24FN3O. The van der Waals surface area contributed by atoms with Gasteiger partial charge in [-0.2, -0.15) is 0 Å². The first kappa shape index (κ1) is 15.8. The number of benzene rings is 1. The molecule has 1 amide bonds. The number of nitrogens with one attached hydrogen (secondary N) is 1. The monoisotopic (exact) mass is 293 g/mol. The molecule has 1 aromatic rings. The predicted molar refractivity (Wildman–Crippen MR) is 82.9 cm³/mol. The fraction of sp³-hybridized carbons (Fsp3) is 0.562. The molecule has 2 rings (SSSR count). The van der Waals surface area contributed by atoms with Gasteiger partial charge in [-0.1, -0.05) is 6.92 Å². The van der Waals surface area contributed by atoms with E-state index in [1.165, 1.54) is 12.1 Å². The van der Waals surface area contributed by atoms with Crippen LogP contribution in [0, 0.1) is 5.82 Å². The molecular weight excluding hydrogens is 269 g/mol. The summed E-state index contributed by atoms with van der Waals surface area (Å²) in [5, 5.41) is 2.99. The van der Waals surface area contributed by atoms with Crippen LogP contribution in [-0.2, 0) is 4.79 Å². The van der Waals surface area contributed by atoms with Crippen LogP contribution in [0.2, 0.25) is 0 Å². The number of nitrogens with zero attached hydrogens (tertiary/aromatic N) is 2. The van der Waals surface area contributed by atoms with Crippen LogP contribution >= 0.6 is 0 Å². The second-order valence-electron chi connectivity index (χ2n) is 5.62. The number of hydrogen-bond donors (Lipinski definition) is 1. The Labute approximate surface area is 125 Å². The molecule has 0 aromatic heterocycles. The number of hydrogen-bond acceptors (Lipinski definition) is 3. The minimum absolute atomic E-state index is 0.0968. The van der Waals surface area contributed by atoms with E-state index < -0.39 is 0 Å². The maximum absolute atomic E-state index is 12.9. The molecule has 4 nitrogen and oxygen atoms in total. The molecule has 1 heterocycles. The predicted octanol–water partition coefficient (Wildman–Crippen LogP) is 1.86. The van der Waals surface area contributed by atoms with Crippen molar-refractivity contribution in [3.63, 3.8) is 0 Å². The van der Waals surface area contributed by atoms with E-state index in [0.717, 1.165) is 38.3 Å². The summed E-state index contributed by atoms with van der Waals surface area (Å²) < 4.78 is 12.9. The van der Waals surface area contributed by atoms with Gasteiger partial charge in [-0.3, -0.25) is 9.69 Å². The summed E-state index contributed by atoms with van der Waals surface area (Å²) in [6, 6.07) is 6.82. The molecule has 1 N–H and O–H groups in total. The van der Waals surface area contributed by atoms with E-state index in [0.29, 0.717) is 6.54 Å². The summed E-state index contributed by atoms with van der Waals surface area (Å²) in [5.41, 5.74) is 1.04. The summed E-state index contributed by atoms with van der Waals surface area (Å²) in [5.74, 6) is -0.112. The average molecular weight is 293 g/mol. The Morgan fingerprint density at radius 2 is 1.86 bits per heavy atom. The number of carbonyl (C=O) groups is 1. The minimum Gasteiger partial charge on any atom is -0.369 e. The Bertz CT molecular complexity index is 455. The van der Waals surface area contributed by atoms with Gasteiger partial charge in [-0.25, -0.2) is 4.39 Å². The van der Waals surface area contributed by atoms with Gasteiger partial charge in [-0.05, 0) is 37.6 Å². The van der Waals surface area contributed by atoms with E-state index in [2.05, 4.69) is 22.0 Å². The lowest BCUT2D eigenvalue weighted by Gasteiger charge is -2.35. The largest absolute Gasteiger partial charge is 0.369 e. The second-order valence-corrected chi connectivity index (χ2v) is 5.62. The molecule has 0 saturated carbocycles. The van der Waals surface area contributed by atoms with E-state index in [9.17, 15) is 9.18 Å². The third-order valence-electron chi connectivity index (χ3n) is 3.95. The van der Waals surface area contributed by atoms with Gasteiger partial charge in [0.25, 0.3) is 0 Å². The van der Waals surface area contributed by atoms with Crippen molar-refractivity contribution in [3.8, 4) is 0 Å². The van der Waals surface area contributed by atoms with Crippen molar-refractivity contribution in [2.24, 2.45) is 0 Å². The Balaban J connectivity index is 1.78. The fourth-order valence-corrected chi connectivity index (χ4v) is 2.44. The Kier molecular flexibility index (Phi) is 5.56. The zero-order valence-corrected chi connectivity index (χ0v) is 12.8. The Hall–Kier alpha value is -1.62. The van der Waals surface area contributed by atoms with Crippen molar-refractivity contribution in [1.82, 2.24) is 10.2 Å². The zero-order valence-electron chi connectivity index (χ0n) is 12.8. The van der Waals surface area contributed by atoms with Gasteiger partial charge in [0.2, 0.25) is 5.91 Å². The highest BCUT2D eigenvalue weighted by atomic mass is 19.1. The summed E-state index contributed by atoms with van der Waals surface area (Å²) in [6.45, 7) is 7.97. The quantitative estimate of drug-likeness (QED) is 0.900. The van der Waals surface area contributed by atoms with Crippen molar-refractivity contribution >= 4 is 11.6 Å². The van der Waals surface area contributed by atoms with E-state index in [4.69, 9.17) is 0 Å². The number of halogens is 1. The van der Waals surface area contributed by atoms with Gasteiger partial charge in [-0.15, -0.1) is 0 Å². The fourth-order valence-electron chi connectivity index (χ4n) is 2.44. The van der Waals surface area contributed by atoms with Crippen LogP contribution in [0.1, 0.15) is 20.3 Å². The van der Waals surface area contributed by atoms with Crippen LogP contribution < -0.4 is 10.2 Å². The molecule has 0 aliphatic carbocycles. The molecule has 1 unspecified atom stereocenters. The summed E-state index contributed by atoms with van der Waals surface area (Å²) in [7, 11) is 0. The summed E-state index contributed by atoms with van der Waals surface area (Å²) >= 11 is 0. The lowest BCUT2D eigenvalue weighted by atomic mass is 10.2. The zero-order chi connectivity index (χ0) is 15.2. The van der Waals surface area contributed by atoms with Crippen LogP contribution in [0.15, 0.2) is 24.3 Å². The maximum atomic E-state index is 12.9. The van der Waals surface area contributed by atoms with Gasteiger partial charge in [0.15, 0.2) is 0 Å². The highest BCUT2D eigenvalue weighted by Crippen LogP contribution is 2.16. The SMILES string of the molecule is CCC(C)NC(=O)CN1CCN(c2ccc(F)cc2)CC1. The van der Waals surface area contributed by atoms with Crippen molar-refractivity contribution in [2.45, 2.75) is 26.3 Å². The lowest BCUT2D eigenvalue weighted by molar-refractivity contribution is -0.122. The molecule has 1 atom stereocenters. The van der Waals surface area contributed by atoms with Gasteiger partial charge < -0.3 is 10.2 Å². The first-order chi connectivity index (χ1) is 10.1. The molecule has 0 bridgehead atoms. The molecule has 5 heteroatoms. The van der Waals surface area contributed by atoms with Crippen LogP contribution in [0.5, 0.6) is 0 Å². The second kappa shape index (κ2) is 7.41. The Morgan fingerprint density at radius 3 is 2.43 bits per heavy atom. The normalized spacial score (nSPS) is 17.6. The van der Waals surface area contributed by atoms with Crippen molar-refractivity contribution in [1.29, 1.82) is 0 Å². The minimum atomic E-state index is -0.209. The number of amides is 1. The molecule has 0 radical (unpaired) electrons. The van der Waals surface area contributed by atoms with Crippen LogP contribution in [0.25, 0.3) is 0 Å². The van der Waals surface area contributed by atoms with Crippen molar-refractivity contribution in [2.75, 3.05) is 37.6 Å². The third kappa shape index (κ3) is 4.70. The van der Waals surface area contributed by atoms with Crippen LogP contribution in [0.4, 0.5) is 10.1 Å². The van der Waals surface area contributed by atoms with Crippen molar-refractivity contribution < 1.29 is 9.18 Å². The molecule has 1 aliphatic rings.